The molecule has 1 heterocycles. The van der Waals surface area contributed by atoms with Gasteiger partial charge in [-0.25, -0.2) is 4.98 Å². The molecule has 0 spiro atoms. The predicted octanol–water partition coefficient (Wildman–Crippen LogP) is 2.62. The van der Waals surface area contributed by atoms with Crippen LogP contribution in [0.4, 0.5) is 5.69 Å². The van der Waals surface area contributed by atoms with Gasteiger partial charge in [-0.1, -0.05) is 11.6 Å². The Kier molecular flexibility index (Phi) is 3.84. The van der Waals surface area contributed by atoms with E-state index in [1.165, 1.54) is 0 Å². The molecule has 3 N–H and O–H groups in total. The van der Waals surface area contributed by atoms with Crippen LogP contribution in [0.5, 0.6) is 0 Å². The van der Waals surface area contributed by atoms with Gasteiger partial charge in [-0.2, -0.15) is 0 Å². The molecular formula is C12H12ClN3OS. The second-order valence-corrected chi connectivity index (χ2v) is 5.51. The van der Waals surface area contributed by atoms with Gasteiger partial charge in [0, 0.05) is 16.8 Å². The first-order valence-electron chi connectivity index (χ1n) is 5.31. The monoisotopic (exact) mass is 281 g/mol. The summed E-state index contributed by atoms with van der Waals surface area (Å²) in [6, 6.07) is 4.83. The van der Waals surface area contributed by atoms with Crippen LogP contribution in [0.15, 0.2) is 24.4 Å². The van der Waals surface area contributed by atoms with E-state index in [2.05, 4.69) is 10.3 Å². The summed E-state index contributed by atoms with van der Waals surface area (Å²) in [7, 11) is 0. The van der Waals surface area contributed by atoms with Crippen molar-refractivity contribution in [2.45, 2.75) is 13.5 Å². The molecule has 0 radical (unpaired) electrons. The first-order valence-corrected chi connectivity index (χ1v) is 6.50. The standard InChI is InChI=1S/C12H12ClN3OS/c1-7-5-15-11(18-7)6-16-12(17)9-4-8(14)2-3-10(9)13/h2-5H,6,14H2,1H3,(H,16,17). The smallest absolute Gasteiger partial charge is 0.253 e. The van der Waals surface area contributed by atoms with Crippen LogP contribution >= 0.6 is 22.9 Å². The van der Waals surface area contributed by atoms with E-state index in [0.29, 0.717) is 22.8 Å². The van der Waals surface area contributed by atoms with Crippen LogP contribution < -0.4 is 11.1 Å². The van der Waals surface area contributed by atoms with Gasteiger partial charge < -0.3 is 11.1 Å². The Hall–Kier alpha value is -1.59. The Labute approximate surface area is 114 Å². The molecule has 1 aromatic heterocycles. The molecule has 0 aliphatic rings. The third-order valence-corrected chi connectivity index (χ3v) is 3.55. The van der Waals surface area contributed by atoms with E-state index >= 15 is 0 Å². The van der Waals surface area contributed by atoms with E-state index < -0.39 is 0 Å². The zero-order valence-corrected chi connectivity index (χ0v) is 11.3. The zero-order valence-electron chi connectivity index (χ0n) is 9.74. The van der Waals surface area contributed by atoms with Crippen LogP contribution in [0.3, 0.4) is 0 Å². The highest BCUT2D eigenvalue weighted by molar-refractivity contribution is 7.11. The molecule has 6 heteroatoms. The molecule has 0 aliphatic heterocycles. The van der Waals surface area contributed by atoms with Crippen molar-refractivity contribution in [3.63, 3.8) is 0 Å². The van der Waals surface area contributed by atoms with Crippen molar-refractivity contribution in [2.75, 3.05) is 5.73 Å². The number of carbonyl (C=O) groups is 1. The second-order valence-electron chi connectivity index (χ2n) is 3.79. The fourth-order valence-corrected chi connectivity index (χ4v) is 2.38. The summed E-state index contributed by atoms with van der Waals surface area (Å²) >= 11 is 7.50. The number of nitrogens with zero attached hydrogens (tertiary/aromatic N) is 1. The molecule has 1 aromatic carbocycles. The summed E-state index contributed by atoms with van der Waals surface area (Å²) in [5, 5.41) is 4.01. The summed E-state index contributed by atoms with van der Waals surface area (Å²) in [6.45, 7) is 2.36. The van der Waals surface area contributed by atoms with Gasteiger partial charge in [0.1, 0.15) is 5.01 Å². The van der Waals surface area contributed by atoms with Gasteiger partial charge in [-0.3, -0.25) is 4.79 Å². The minimum atomic E-state index is -0.250. The lowest BCUT2D eigenvalue weighted by Crippen LogP contribution is -2.23. The molecule has 94 valence electrons. The Morgan fingerprint density at radius 3 is 3.00 bits per heavy atom. The van der Waals surface area contributed by atoms with Gasteiger partial charge in [0.05, 0.1) is 17.1 Å². The van der Waals surface area contributed by atoms with Crippen molar-refractivity contribution >= 4 is 34.5 Å². The average molecular weight is 282 g/mol. The van der Waals surface area contributed by atoms with Crippen LogP contribution in [-0.2, 0) is 6.54 Å². The first-order chi connectivity index (χ1) is 8.56. The SMILES string of the molecule is Cc1cnc(CNC(=O)c2cc(N)ccc2Cl)s1. The van der Waals surface area contributed by atoms with Gasteiger partial charge in [0.25, 0.3) is 5.91 Å². The molecule has 18 heavy (non-hydrogen) atoms. The normalized spacial score (nSPS) is 10.3. The van der Waals surface area contributed by atoms with E-state index in [0.717, 1.165) is 9.88 Å². The minimum absolute atomic E-state index is 0.250. The predicted molar refractivity (Wildman–Crippen MR) is 73.9 cm³/mol. The largest absolute Gasteiger partial charge is 0.399 e. The number of nitrogen functional groups attached to an aromatic ring is 1. The molecule has 0 unspecified atom stereocenters. The molecule has 2 aromatic rings. The number of benzene rings is 1. The molecule has 0 bridgehead atoms. The molecule has 0 saturated heterocycles. The quantitative estimate of drug-likeness (QED) is 0.850. The van der Waals surface area contributed by atoms with Crippen molar-refractivity contribution in [3.05, 3.63) is 44.9 Å². The van der Waals surface area contributed by atoms with Gasteiger partial charge in [-0.15, -0.1) is 11.3 Å². The number of halogens is 1. The number of hydrogen-bond acceptors (Lipinski definition) is 4. The van der Waals surface area contributed by atoms with Crippen LogP contribution in [0, 0.1) is 6.92 Å². The lowest BCUT2D eigenvalue weighted by atomic mass is 10.2. The lowest BCUT2D eigenvalue weighted by molar-refractivity contribution is 0.0951. The zero-order chi connectivity index (χ0) is 13.1. The van der Waals surface area contributed by atoms with Crippen molar-refractivity contribution in [1.82, 2.24) is 10.3 Å². The number of amides is 1. The van der Waals surface area contributed by atoms with Gasteiger partial charge in [-0.05, 0) is 25.1 Å². The van der Waals surface area contributed by atoms with E-state index in [-0.39, 0.29) is 5.91 Å². The van der Waals surface area contributed by atoms with Crippen LogP contribution in [-0.4, -0.2) is 10.9 Å². The van der Waals surface area contributed by atoms with Gasteiger partial charge in [0.2, 0.25) is 0 Å². The highest BCUT2D eigenvalue weighted by Gasteiger charge is 2.11. The summed E-state index contributed by atoms with van der Waals surface area (Å²) < 4.78 is 0. The van der Waals surface area contributed by atoms with Crippen LogP contribution in [0.2, 0.25) is 5.02 Å². The van der Waals surface area contributed by atoms with Crippen LogP contribution in [0.1, 0.15) is 20.2 Å². The number of thiazole rings is 1. The lowest BCUT2D eigenvalue weighted by Gasteiger charge is -2.06. The molecule has 1 amide bonds. The summed E-state index contributed by atoms with van der Waals surface area (Å²) in [5.41, 5.74) is 6.52. The topological polar surface area (TPSA) is 68.0 Å². The van der Waals surface area contributed by atoms with E-state index in [4.69, 9.17) is 17.3 Å². The highest BCUT2D eigenvalue weighted by Crippen LogP contribution is 2.19. The van der Waals surface area contributed by atoms with E-state index in [1.54, 1.807) is 35.7 Å². The Morgan fingerprint density at radius 1 is 1.56 bits per heavy atom. The van der Waals surface area contributed by atoms with Crippen molar-refractivity contribution in [3.8, 4) is 0 Å². The second kappa shape index (κ2) is 5.37. The maximum Gasteiger partial charge on any atom is 0.253 e. The van der Waals surface area contributed by atoms with E-state index in [1.807, 2.05) is 6.92 Å². The number of anilines is 1. The fraction of sp³-hybridized carbons (Fsp3) is 0.167. The first kappa shape index (κ1) is 12.9. The number of nitrogens with one attached hydrogen (secondary N) is 1. The van der Waals surface area contributed by atoms with Gasteiger partial charge in [0.15, 0.2) is 0 Å². The summed E-state index contributed by atoms with van der Waals surface area (Å²) in [4.78, 5) is 17.2. The van der Waals surface area contributed by atoms with Crippen molar-refractivity contribution in [1.29, 1.82) is 0 Å². The third kappa shape index (κ3) is 3.00. The molecule has 0 fully saturated rings. The number of aromatic nitrogens is 1. The van der Waals surface area contributed by atoms with Crippen LogP contribution in [0.25, 0.3) is 0 Å². The number of aryl methyl sites for hydroxylation is 1. The van der Waals surface area contributed by atoms with Gasteiger partial charge >= 0.3 is 0 Å². The van der Waals surface area contributed by atoms with E-state index in [9.17, 15) is 4.79 Å². The number of rotatable bonds is 3. The number of nitrogens with two attached hydrogens (primary N) is 1. The average Bonchev–Trinajstić information content (AvgIpc) is 2.75. The maximum absolute atomic E-state index is 11.9. The molecule has 2 rings (SSSR count). The third-order valence-electron chi connectivity index (χ3n) is 2.30. The Morgan fingerprint density at radius 2 is 2.33 bits per heavy atom. The minimum Gasteiger partial charge on any atom is -0.399 e. The van der Waals surface area contributed by atoms with Crippen molar-refractivity contribution in [2.24, 2.45) is 0 Å². The Bertz CT molecular complexity index is 582. The highest BCUT2D eigenvalue weighted by atomic mass is 35.5. The summed E-state index contributed by atoms with van der Waals surface area (Å²) in [5.74, 6) is -0.250. The molecule has 0 atom stereocenters. The molecular weight excluding hydrogens is 270 g/mol. The number of hydrogen-bond donors (Lipinski definition) is 2. The Balaban J connectivity index is 2.05. The molecule has 0 saturated carbocycles. The number of carbonyl (C=O) groups excluding carboxylic acids is 1. The molecule has 4 nitrogen and oxygen atoms in total. The fourth-order valence-electron chi connectivity index (χ4n) is 1.45. The van der Waals surface area contributed by atoms with Crippen molar-refractivity contribution < 1.29 is 4.79 Å². The maximum atomic E-state index is 11.9. The molecule has 0 aliphatic carbocycles. The summed E-state index contributed by atoms with van der Waals surface area (Å²) in [6.07, 6.45) is 1.78.